The molecule has 0 radical (unpaired) electrons. The molecule has 4 N–H and O–H groups in total. The molecule has 0 amide bonds. The van der Waals surface area contributed by atoms with Crippen molar-refractivity contribution in [3.05, 3.63) is 71.0 Å². The number of aromatic nitrogens is 3. The van der Waals surface area contributed by atoms with Crippen molar-refractivity contribution >= 4 is 17.0 Å². The predicted molar refractivity (Wildman–Crippen MR) is 92.0 cm³/mol. The number of benzene rings is 2. The highest BCUT2D eigenvalue weighted by Crippen LogP contribution is 2.36. The van der Waals surface area contributed by atoms with E-state index in [9.17, 15) is 4.79 Å². The summed E-state index contributed by atoms with van der Waals surface area (Å²) in [6.45, 7) is 0. The lowest BCUT2D eigenvalue weighted by Crippen LogP contribution is -2.10. The largest absolute Gasteiger partial charge is 0.369 e. The van der Waals surface area contributed by atoms with Gasteiger partial charge in [-0.1, -0.05) is 60.7 Å². The van der Waals surface area contributed by atoms with Crippen LogP contribution in [-0.2, 0) is 0 Å². The van der Waals surface area contributed by atoms with Gasteiger partial charge in [0.2, 0.25) is 5.95 Å². The molecule has 2 heterocycles. The fourth-order valence-electron chi connectivity index (χ4n) is 2.83. The van der Waals surface area contributed by atoms with Crippen molar-refractivity contribution in [2.75, 3.05) is 5.73 Å². The van der Waals surface area contributed by atoms with Crippen LogP contribution in [0.2, 0.25) is 0 Å². The molecule has 0 fully saturated rings. The van der Waals surface area contributed by atoms with Gasteiger partial charge in [0.25, 0.3) is 5.56 Å². The Morgan fingerprint density at radius 1 is 0.826 bits per heavy atom. The van der Waals surface area contributed by atoms with Gasteiger partial charge in [-0.3, -0.25) is 9.78 Å². The number of nitrogen functional groups attached to an aromatic ring is 1. The number of nitrogens with zero attached hydrogens (tertiary/aromatic N) is 1. The Kier molecular flexibility index (Phi) is 2.98. The average molecular weight is 302 g/mol. The second-order valence-electron chi connectivity index (χ2n) is 5.28. The molecular formula is C18H14N4O. The average Bonchev–Trinajstić information content (AvgIpc) is 2.96. The molecule has 2 aromatic carbocycles. The zero-order valence-electron chi connectivity index (χ0n) is 12.2. The van der Waals surface area contributed by atoms with Crippen LogP contribution in [0.4, 0.5) is 5.95 Å². The quantitative estimate of drug-likeness (QED) is 0.531. The maximum absolute atomic E-state index is 12.4. The minimum atomic E-state index is -0.246. The SMILES string of the molecule is Nc1nc2[nH]c(-c3ccccc3)c(-c3ccccc3)c2c(=O)[nH]1. The molecule has 5 nitrogen and oxygen atoms in total. The minimum absolute atomic E-state index is 0.1000. The monoisotopic (exact) mass is 302 g/mol. The fraction of sp³-hybridized carbons (Fsp3) is 0. The number of rotatable bonds is 2. The van der Waals surface area contributed by atoms with Gasteiger partial charge in [-0.15, -0.1) is 0 Å². The van der Waals surface area contributed by atoms with Crippen LogP contribution in [-0.4, -0.2) is 15.0 Å². The summed E-state index contributed by atoms with van der Waals surface area (Å²) in [6.07, 6.45) is 0. The molecule has 0 saturated heterocycles. The van der Waals surface area contributed by atoms with Gasteiger partial charge < -0.3 is 10.7 Å². The maximum atomic E-state index is 12.4. The summed E-state index contributed by atoms with van der Waals surface area (Å²) in [5.41, 5.74) is 9.55. The van der Waals surface area contributed by atoms with Crippen LogP contribution in [0.5, 0.6) is 0 Å². The molecule has 5 heteroatoms. The molecule has 23 heavy (non-hydrogen) atoms. The van der Waals surface area contributed by atoms with Gasteiger partial charge in [0.15, 0.2) is 0 Å². The number of anilines is 1. The summed E-state index contributed by atoms with van der Waals surface area (Å²) in [5, 5.41) is 0.518. The Bertz CT molecular complexity index is 1030. The van der Waals surface area contributed by atoms with Gasteiger partial charge in [-0.05, 0) is 11.1 Å². The molecule has 0 saturated carbocycles. The number of fused-ring (bicyclic) bond motifs is 1. The Morgan fingerprint density at radius 3 is 2.09 bits per heavy atom. The van der Waals surface area contributed by atoms with Crippen LogP contribution in [0.1, 0.15) is 0 Å². The molecule has 4 aromatic rings. The molecule has 112 valence electrons. The summed E-state index contributed by atoms with van der Waals surface area (Å²) in [7, 11) is 0. The lowest BCUT2D eigenvalue weighted by atomic mass is 9.99. The van der Waals surface area contributed by atoms with Crippen molar-refractivity contribution in [2.45, 2.75) is 0 Å². The number of aromatic amines is 2. The highest BCUT2D eigenvalue weighted by Gasteiger charge is 2.18. The van der Waals surface area contributed by atoms with Crippen LogP contribution >= 0.6 is 0 Å². The van der Waals surface area contributed by atoms with E-state index in [2.05, 4.69) is 15.0 Å². The maximum Gasteiger partial charge on any atom is 0.262 e. The topological polar surface area (TPSA) is 87.6 Å². The second kappa shape index (κ2) is 5.14. The highest BCUT2D eigenvalue weighted by atomic mass is 16.1. The first-order valence-corrected chi connectivity index (χ1v) is 7.26. The molecule has 2 aromatic heterocycles. The van der Waals surface area contributed by atoms with Crippen LogP contribution in [0, 0.1) is 0 Å². The van der Waals surface area contributed by atoms with Crippen LogP contribution in [0.25, 0.3) is 33.4 Å². The van der Waals surface area contributed by atoms with E-state index in [1.807, 2.05) is 60.7 Å². The molecule has 0 aliphatic heterocycles. The zero-order valence-corrected chi connectivity index (χ0v) is 12.2. The highest BCUT2D eigenvalue weighted by molar-refractivity contribution is 6.02. The third-order valence-electron chi connectivity index (χ3n) is 3.81. The number of hydrogen-bond acceptors (Lipinski definition) is 3. The molecule has 0 unspecified atom stereocenters. The zero-order chi connectivity index (χ0) is 15.8. The van der Waals surface area contributed by atoms with Crippen LogP contribution in [0.15, 0.2) is 65.5 Å². The summed E-state index contributed by atoms with van der Waals surface area (Å²) < 4.78 is 0. The van der Waals surface area contributed by atoms with E-state index in [4.69, 9.17) is 5.73 Å². The van der Waals surface area contributed by atoms with Gasteiger partial charge in [0.1, 0.15) is 5.65 Å². The summed E-state index contributed by atoms with van der Waals surface area (Å²) in [6, 6.07) is 19.7. The van der Waals surface area contributed by atoms with E-state index >= 15 is 0 Å². The molecule has 0 atom stereocenters. The molecular weight excluding hydrogens is 288 g/mol. The molecule has 0 bridgehead atoms. The van der Waals surface area contributed by atoms with Gasteiger partial charge in [-0.2, -0.15) is 4.98 Å². The number of nitrogens with two attached hydrogens (primary N) is 1. The summed E-state index contributed by atoms with van der Waals surface area (Å²) in [4.78, 5) is 22.5. The van der Waals surface area contributed by atoms with E-state index in [-0.39, 0.29) is 11.5 Å². The lowest BCUT2D eigenvalue weighted by molar-refractivity contribution is 1.18. The Labute approximate surface area is 131 Å². The van der Waals surface area contributed by atoms with Gasteiger partial charge in [0, 0.05) is 5.56 Å². The first kappa shape index (κ1) is 13.3. The smallest absolute Gasteiger partial charge is 0.262 e. The Balaban J connectivity index is 2.14. The fourth-order valence-corrected chi connectivity index (χ4v) is 2.83. The summed E-state index contributed by atoms with van der Waals surface area (Å²) >= 11 is 0. The van der Waals surface area contributed by atoms with E-state index in [0.29, 0.717) is 11.0 Å². The third-order valence-corrected chi connectivity index (χ3v) is 3.81. The Hall–Kier alpha value is -3.34. The van der Waals surface area contributed by atoms with E-state index < -0.39 is 0 Å². The van der Waals surface area contributed by atoms with E-state index in [1.165, 1.54) is 0 Å². The molecule has 0 spiro atoms. The van der Waals surface area contributed by atoms with Crippen molar-refractivity contribution in [3.63, 3.8) is 0 Å². The number of nitrogens with one attached hydrogen (secondary N) is 2. The molecule has 0 aliphatic rings. The van der Waals surface area contributed by atoms with Gasteiger partial charge in [0.05, 0.1) is 11.1 Å². The standard InChI is InChI=1S/C18H14N4O/c19-18-21-16-14(17(23)22-18)13(11-7-3-1-4-8-11)15(20-16)12-9-5-2-6-10-12/h1-10H,(H4,19,20,21,22,23). The third kappa shape index (κ3) is 2.19. The van der Waals surface area contributed by atoms with Crippen molar-refractivity contribution in [1.29, 1.82) is 0 Å². The van der Waals surface area contributed by atoms with Crippen molar-refractivity contribution in [1.82, 2.24) is 15.0 Å². The predicted octanol–water partition coefficient (Wildman–Crippen LogP) is 3.17. The molecule has 0 aliphatic carbocycles. The first-order valence-electron chi connectivity index (χ1n) is 7.26. The van der Waals surface area contributed by atoms with E-state index in [0.717, 1.165) is 22.4 Å². The molecule has 4 rings (SSSR count). The first-order chi connectivity index (χ1) is 11.2. The Morgan fingerprint density at radius 2 is 1.43 bits per heavy atom. The second-order valence-corrected chi connectivity index (χ2v) is 5.28. The van der Waals surface area contributed by atoms with Crippen molar-refractivity contribution < 1.29 is 0 Å². The van der Waals surface area contributed by atoms with Crippen LogP contribution in [0.3, 0.4) is 0 Å². The van der Waals surface area contributed by atoms with Crippen LogP contribution < -0.4 is 11.3 Å². The normalized spacial score (nSPS) is 11.0. The summed E-state index contributed by atoms with van der Waals surface area (Å²) in [5.74, 6) is 0.1000. The van der Waals surface area contributed by atoms with Gasteiger partial charge >= 0.3 is 0 Å². The lowest BCUT2D eigenvalue weighted by Gasteiger charge is -2.05. The minimum Gasteiger partial charge on any atom is -0.369 e. The number of H-pyrrole nitrogens is 2. The van der Waals surface area contributed by atoms with Crippen molar-refractivity contribution in [3.8, 4) is 22.4 Å². The number of hydrogen-bond donors (Lipinski definition) is 3. The van der Waals surface area contributed by atoms with Crippen molar-refractivity contribution in [2.24, 2.45) is 0 Å². The van der Waals surface area contributed by atoms with E-state index in [1.54, 1.807) is 0 Å². The van der Waals surface area contributed by atoms with Gasteiger partial charge in [-0.25, -0.2) is 0 Å².